The maximum absolute atomic E-state index is 11.7. The van der Waals surface area contributed by atoms with E-state index < -0.39 is 0 Å². The highest BCUT2D eigenvalue weighted by molar-refractivity contribution is 5.43. The third kappa shape index (κ3) is 3.99. The summed E-state index contributed by atoms with van der Waals surface area (Å²) in [5.74, 6) is 0.948. The number of nitrogens with zero attached hydrogens (tertiary/aromatic N) is 5. The van der Waals surface area contributed by atoms with Gasteiger partial charge in [0.05, 0.1) is 24.6 Å². The Labute approximate surface area is 139 Å². The van der Waals surface area contributed by atoms with Gasteiger partial charge >= 0.3 is 0 Å². The molecule has 0 spiro atoms. The van der Waals surface area contributed by atoms with Crippen molar-refractivity contribution in [2.24, 2.45) is 7.05 Å². The van der Waals surface area contributed by atoms with Crippen molar-refractivity contribution in [1.82, 2.24) is 19.7 Å². The minimum atomic E-state index is -0.115. The van der Waals surface area contributed by atoms with Gasteiger partial charge in [0, 0.05) is 38.9 Å². The molecule has 0 aliphatic carbocycles. The van der Waals surface area contributed by atoms with Gasteiger partial charge in [-0.3, -0.25) is 4.79 Å². The van der Waals surface area contributed by atoms with Crippen LogP contribution < -0.4 is 21.5 Å². The van der Waals surface area contributed by atoms with Gasteiger partial charge in [0.15, 0.2) is 0 Å². The second kappa shape index (κ2) is 7.26. The van der Waals surface area contributed by atoms with Gasteiger partial charge < -0.3 is 20.7 Å². The first kappa shape index (κ1) is 16.2. The third-order valence-corrected chi connectivity index (χ3v) is 3.88. The van der Waals surface area contributed by atoms with Crippen molar-refractivity contribution in [2.45, 2.75) is 12.5 Å². The van der Waals surface area contributed by atoms with Crippen LogP contribution in [-0.4, -0.2) is 52.1 Å². The summed E-state index contributed by atoms with van der Waals surface area (Å²) in [4.78, 5) is 22.1. The average Bonchev–Trinajstić information content (AvgIpc) is 2.58. The topological polar surface area (TPSA) is 111 Å². The summed E-state index contributed by atoms with van der Waals surface area (Å²) in [6.07, 6.45) is 4.19. The van der Waals surface area contributed by atoms with Crippen LogP contribution in [0.2, 0.25) is 0 Å². The van der Waals surface area contributed by atoms with Crippen molar-refractivity contribution in [3.63, 3.8) is 0 Å². The molecule has 2 aromatic heterocycles. The van der Waals surface area contributed by atoms with Crippen LogP contribution in [0.5, 0.6) is 0 Å². The minimum Gasteiger partial charge on any atom is -0.384 e. The van der Waals surface area contributed by atoms with Crippen molar-refractivity contribution >= 4 is 17.5 Å². The standard InChI is InChI=1S/C15H21N7O2/c1-21-14(23)8-11(9-19-21)22-6-7-24-12(10-22)2-4-17-15-18-5-3-13(16)20-15/h3,5,8-9,12H,2,4,6-7,10H2,1H3,(H3,16,17,18,20)/t12-/m1/s1. The zero-order valence-corrected chi connectivity index (χ0v) is 13.6. The van der Waals surface area contributed by atoms with E-state index in [4.69, 9.17) is 10.5 Å². The van der Waals surface area contributed by atoms with Crippen molar-refractivity contribution in [2.75, 3.05) is 42.2 Å². The first-order chi connectivity index (χ1) is 11.6. The number of aromatic nitrogens is 4. The van der Waals surface area contributed by atoms with Gasteiger partial charge in [0.1, 0.15) is 5.82 Å². The molecular weight excluding hydrogens is 310 g/mol. The molecule has 24 heavy (non-hydrogen) atoms. The van der Waals surface area contributed by atoms with Crippen molar-refractivity contribution in [3.8, 4) is 0 Å². The lowest BCUT2D eigenvalue weighted by Gasteiger charge is -2.34. The lowest BCUT2D eigenvalue weighted by atomic mass is 10.2. The van der Waals surface area contributed by atoms with Gasteiger partial charge in [0.2, 0.25) is 5.95 Å². The van der Waals surface area contributed by atoms with Crippen molar-refractivity contribution < 1.29 is 4.74 Å². The zero-order chi connectivity index (χ0) is 16.9. The van der Waals surface area contributed by atoms with Crippen LogP contribution in [0.15, 0.2) is 29.3 Å². The number of morpholine rings is 1. The number of rotatable bonds is 5. The zero-order valence-electron chi connectivity index (χ0n) is 13.6. The fourth-order valence-electron chi connectivity index (χ4n) is 2.56. The number of nitrogens with two attached hydrogens (primary N) is 1. The monoisotopic (exact) mass is 331 g/mol. The summed E-state index contributed by atoms with van der Waals surface area (Å²) in [6, 6.07) is 3.25. The summed E-state index contributed by atoms with van der Waals surface area (Å²) >= 11 is 0. The third-order valence-electron chi connectivity index (χ3n) is 3.88. The van der Waals surface area contributed by atoms with E-state index in [-0.39, 0.29) is 11.7 Å². The van der Waals surface area contributed by atoms with Crippen molar-refractivity contribution in [3.05, 3.63) is 34.9 Å². The molecule has 1 atom stereocenters. The Morgan fingerprint density at radius 1 is 1.50 bits per heavy atom. The molecule has 0 aromatic carbocycles. The van der Waals surface area contributed by atoms with E-state index in [1.807, 2.05) is 0 Å². The molecule has 3 N–H and O–H groups in total. The Hall–Kier alpha value is -2.68. The highest BCUT2D eigenvalue weighted by atomic mass is 16.5. The summed E-state index contributed by atoms with van der Waals surface area (Å²) in [6.45, 7) is 2.76. The maximum Gasteiger partial charge on any atom is 0.268 e. The number of ether oxygens (including phenoxy) is 1. The highest BCUT2D eigenvalue weighted by Crippen LogP contribution is 2.16. The fourth-order valence-corrected chi connectivity index (χ4v) is 2.56. The fraction of sp³-hybridized carbons (Fsp3) is 0.467. The molecule has 128 valence electrons. The van der Waals surface area contributed by atoms with Gasteiger partial charge in [-0.15, -0.1) is 0 Å². The number of hydrogen-bond donors (Lipinski definition) is 2. The van der Waals surface area contributed by atoms with E-state index in [1.165, 1.54) is 4.68 Å². The number of anilines is 3. The molecule has 3 heterocycles. The van der Waals surface area contributed by atoms with E-state index in [0.717, 1.165) is 18.7 Å². The summed E-state index contributed by atoms with van der Waals surface area (Å²) in [7, 11) is 1.64. The predicted octanol–water partition coefficient (Wildman–Crippen LogP) is -0.140. The molecule has 1 fully saturated rings. The maximum atomic E-state index is 11.7. The minimum absolute atomic E-state index is 0.0661. The molecule has 1 aliphatic rings. The van der Waals surface area contributed by atoms with Gasteiger partial charge in [-0.05, 0) is 12.5 Å². The van der Waals surface area contributed by atoms with Crippen molar-refractivity contribution in [1.29, 1.82) is 0 Å². The normalized spacial score (nSPS) is 17.7. The first-order valence-corrected chi connectivity index (χ1v) is 7.84. The highest BCUT2D eigenvalue weighted by Gasteiger charge is 2.21. The van der Waals surface area contributed by atoms with Gasteiger partial charge in [-0.25, -0.2) is 9.67 Å². The Balaban J connectivity index is 1.53. The first-order valence-electron chi connectivity index (χ1n) is 7.84. The van der Waals surface area contributed by atoms with E-state index in [9.17, 15) is 4.79 Å². The quantitative estimate of drug-likeness (QED) is 0.779. The lowest BCUT2D eigenvalue weighted by molar-refractivity contribution is 0.0374. The van der Waals surface area contributed by atoms with E-state index >= 15 is 0 Å². The average molecular weight is 331 g/mol. The summed E-state index contributed by atoms with van der Waals surface area (Å²) < 4.78 is 7.11. The molecular formula is C15H21N7O2. The van der Waals surface area contributed by atoms with Crippen LogP contribution in [0.1, 0.15) is 6.42 Å². The van der Waals surface area contributed by atoms with Crippen LogP contribution in [-0.2, 0) is 11.8 Å². The van der Waals surface area contributed by atoms with Gasteiger partial charge in [0.25, 0.3) is 5.56 Å². The van der Waals surface area contributed by atoms with Crippen LogP contribution in [0.4, 0.5) is 17.5 Å². The summed E-state index contributed by atoms with van der Waals surface area (Å²) in [5.41, 5.74) is 6.34. The number of hydrogen-bond acceptors (Lipinski definition) is 8. The second-order valence-electron chi connectivity index (χ2n) is 5.63. The smallest absolute Gasteiger partial charge is 0.268 e. The predicted molar refractivity (Wildman–Crippen MR) is 91.0 cm³/mol. The van der Waals surface area contributed by atoms with Crippen LogP contribution in [0.25, 0.3) is 0 Å². The number of nitrogens with one attached hydrogen (secondary N) is 1. The molecule has 1 aliphatic heterocycles. The molecule has 1 saturated heterocycles. The lowest BCUT2D eigenvalue weighted by Crippen LogP contribution is -2.43. The molecule has 3 rings (SSSR count). The van der Waals surface area contributed by atoms with E-state index in [0.29, 0.717) is 31.5 Å². The number of aryl methyl sites for hydroxylation is 1. The molecule has 0 bridgehead atoms. The molecule has 2 aromatic rings. The van der Waals surface area contributed by atoms with Gasteiger partial charge in [-0.2, -0.15) is 10.1 Å². The summed E-state index contributed by atoms with van der Waals surface area (Å²) in [5, 5.41) is 7.21. The molecule has 0 radical (unpaired) electrons. The molecule has 0 amide bonds. The largest absolute Gasteiger partial charge is 0.384 e. The van der Waals surface area contributed by atoms with Crippen LogP contribution >= 0.6 is 0 Å². The van der Waals surface area contributed by atoms with Gasteiger partial charge in [-0.1, -0.05) is 0 Å². The second-order valence-corrected chi connectivity index (χ2v) is 5.63. The van der Waals surface area contributed by atoms with E-state index in [1.54, 1.807) is 31.6 Å². The Morgan fingerprint density at radius 3 is 3.17 bits per heavy atom. The molecule has 0 saturated carbocycles. The Kier molecular flexibility index (Phi) is 4.90. The molecule has 0 unspecified atom stereocenters. The molecule has 9 nitrogen and oxygen atoms in total. The van der Waals surface area contributed by atoms with E-state index in [2.05, 4.69) is 25.3 Å². The SMILES string of the molecule is Cn1ncc(N2CCO[C@H](CCNc3nccc(N)n3)C2)cc1=O. The van der Waals surface area contributed by atoms with Crippen LogP contribution in [0, 0.1) is 0 Å². The Bertz CT molecular complexity index is 749. The van der Waals surface area contributed by atoms with Crippen LogP contribution in [0.3, 0.4) is 0 Å². The molecule has 9 heteroatoms. The Morgan fingerprint density at radius 2 is 2.38 bits per heavy atom. The number of nitrogen functional groups attached to an aromatic ring is 1.